The maximum atomic E-state index is 11.3. The standard InChI is InChI=1S/C15H15BrN2O/c1-2-15(19)18-13-8-6-12(7-9-13)17-14-5-3-4-11(16)10-14/h3-10,17H,2H2,1H3,(H,18,19). The summed E-state index contributed by atoms with van der Waals surface area (Å²) in [6.07, 6.45) is 0.484. The molecule has 2 aromatic carbocycles. The zero-order valence-corrected chi connectivity index (χ0v) is 12.2. The molecular formula is C15H15BrN2O. The fraction of sp³-hybridized carbons (Fsp3) is 0.133. The smallest absolute Gasteiger partial charge is 0.224 e. The zero-order chi connectivity index (χ0) is 13.7. The lowest BCUT2D eigenvalue weighted by atomic mass is 10.2. The molecular weight excluding hydrogens is 304 g/mol. The Kier molecular flexibility index (Phi) is 4.58. The Morgan fingerprint density at radius 2 is 1.74 bits per heavy atom. The van der Waals surface area contributed by atoms with Crippen molar-refractivity contribution in [2.75, 3.05) is 10.6 Å². The molecule has 0 aliphatic carbocycles. The van der Waals surface area contributed by atoms with Gasteiger partial charge in [-0.15, -0.1) is 0 Å². The van der Waals surface area contributed by atoms with Gasteiger partial charge < -0.3 is 10.6 Å². The highest BCUT2D eigenvalue weighted by atomic mass is 79.9. The number of hydrogen-bond donors (Lipinski definition) is 2. The molecule has 0 fully saturated rings. The molecule has 0 heterocycles. The Labute approximate surface area is 121 Å². The van der Waals surface area contributed by atoms with E-state index < -0.39 is 0 Å². The summed E-state index contributed by atoms with van der Waals surface area (Å²) in [6, 6.07) is 15.6. The number of amides is 1. The minimum absolute atomic E-state index is 0.0210. The van der Waals surface area contributed by atoms with E-state index in [-0.39, 0.29) is 5.91 Å². The minimum Gasteiger partial charge on any atom is -0.355 e. The van der Waals surface area contributed by atoms with Crippen LogP contribution in [0.3, 0.4) is 0 Å². The van der Waals surface area contributed by atoms with E-state index >= 15 is 0 Å². The highest BCUT2D eigenvalue weighted by Crippen LogP contribution is 2.21. The molecule has 0 aromatic heterocycles. The average molecular weight is 319 g/mol. The summed E-state index contributed by atoms with van der Waals surface area (Å²) < 4.78 is 1.03. The van der Waals surface area contributed by atoms with E-state index in [0.717, 1.165) is 21.5 Å². The number of halogens is 1. The van der Waals surface area contributed by atoms with Crippen molar-refractivity contribution in [2.45, 2.75) is 13.3 Å². The van der Waals surface area contributed by atoms with E-state index in [9.17, 15) is 4.79 Å². The zero-order valence-electron chi connectivity index (χ0n) is 10.6. The van der Waals surface area contributed by atoms with Crippen LogP contribution in [0.15, 0.2) is 53.0 Å². The van der Waals surface area contributed by atoms with Crippen molar-refractivity contribution in [1.82, 2.24) is 0 Å². The first-order chi connectivity index (χ1) is 9.17. The van der Waals surface area contributed by atoms with Gasteiger partial charge in [-0.25, -0.2) is 0 Å². The fourth-order valence-electron chi connectivity index (χ4n) is 1.62. The number of carbonyl (C=O) groups excluding carboxylic acids is 1. The Morgan fingerprint density at radius 1 is 1.05 bits per heavy atom. The minimum atomic E-state index is 0.0210. The van der Waals surface area contributed by atoms with E-state index in [1.807, 2.05) is 55.5 Å². The van der Waals surface area contributed by atoms with Crippen molar-refractivity contribution >= 4 is 38.9 Å². The molecule has 0 unspecified atom stereocenters. The van der Waals surface area contributed by atoms with Gasteiger partial charge in [0.25, 0.3) is 0 Å². The van der Waals surface area contributed by atoms with Crippen LogP contribution in [0.5, 0.6) is 0 Å². The molecule has 0 atom stereocenters. The molecule has 0 radical (unpaired) electrons. The summed E-state index contributed by atoms with van der Waals surface area (Å²) in [7, 11) is 0. The lowest BCUT2D eigenvalue weighted by Gasteiger charge is -2.08. The van der Waals surface area contributed by atoms with Crippen molar-refractivity contribution < 1.29 is 4.79 Å². The van der Waals surface area contributed by atoms with Gasteiger partial charge in [-0.05, 0) is 42.5 Å². The summed E-state index contributed by atoms with van der Waals surface area (Å²) >= 11 is 3.43. The first kappa shape index (κ1) is 13.6. The Bertz CT molecular complexity index is 567. The highest BCUT2D eigenvalue weighted by molar-refractivity contribution is 9.10. The fourth-order valence-corrected chi connectivity index (χ4v) is 2.02. The molecule has 98 valence electrons. The van der Waals surface area contributed by atoms with E-state index in [1.54, 1.807) is 0 Å². The van der Waals surface area contributed by atoms with Crippen molar-refractivity contribution in [2.24, 2.45) is 0 Å². The summed E-state index contributed by atoms with van der Waals surface area (Å²) in [6.45, 7) is 1.83. The number of hydrogen-bond acceptors (Lipinski definition) is 2. The molecule has 0 bridgehead atoms. The molecule has 3 nitrogen and oxygen atoms in total. The van der Waals surface area contributed by atoms with Gasteiger partial charge in [-0.3, -0.25) is 4.79 Å². The third-order valence-electron chi connectivity index (χ3n) is 2.60. The number of rotatable bonds is 4. The third kappa shape index (κ3) is 4.10. The van der Waals surface area contributed by atoms with Crippen molar-refractivity contribution in [1.29, 1.82) is 0 Å². The average Bonchev–Trinajstić information content (AvgIpc) is 2.41. The van der Waals surface area contributed by atoms with Crippen LogP contribution in [0.25, 0.3) is 0 Å². The number of nitrogens with one attached hydrogen (secondary N) is 2. The SMILES string of the molecule is CCC(=O)Nc1ccc(Nc2cccc(Br)c2)cc1. The van der Waals surface area contributed by atoms with Crippen molar-refractivity contribution in [3.63, 3.8) is 0 Å². The van der Waals surface area contributed by atoms with Crippen LogP contribution in [0.1, 0.15) is 13.3 Å². The summed E-state index contributed by atoms with van der Waals surface area (Å²) in [4.78, 5) is 11.3. The number of anilines is 3. The number of benzene rings is 2. The summed E-state index contributed by atoms with van der Waals surface area (Å²) in [5.74, 6) is 0.0210. The summed E-state index contributed by atoms with van der Waals surface area (Å²) in [5.41, 5.74) is 2.80. The molecule has 0 spiro atoms. The van der Waals surface area contributed by atoms with Crippen LogP contribution in [-0.2, 0) is 4.79 Å². The first-order valence-electron chi connectivity index (χ1n) is 6.10. The number of carbonyl (C=O) groups is 1. The second kappa shape index (κ2) is 6.38. The highest BCUT2D eigenvalue weighted by Gasteiger charge is 1.99. The summed E-state index contributed by atoms with van der Waals surface area (Å²) in [5, 5.41) is 6.11. The first-order valence-corrected chi connectivity index (χ1v) is 6.89. The molecule has 2 rings (SSSR count). The van der Waals surface area contributed by atoms with Gasteiger partial charge in [-0.2, -0.15) is 0 Å². The van der Waals surface area contributed by atoms with Crippen molar-refractivity contribution in [3.05, 3.63) is 53.0 Å². The van der Waals surface area contributed by atoms with E-state index in [4.69, 9.17) is 0 Å². The Morgan fingerprint density at radius 3 is 2.37 bits per heavy atom. The normalized spacial score (nSPS) is 10.0. The van der Waals surface area contributed by atoms with Gasteiger partial charge in [0.15, 0.2) is 0 Å². The van der Waals surface area contributed by atoms with Gasteiger partial charge >= 0.3 is 0 Å². The second-order valence-corrected chi connectivity index (χ2v) is 5.03. The van der Waals surface area contributed by atoms with E-state index in [1.165, 1.54) is 0 Å². The van der Waals surface area contributed by atoms with Crippen LogP contribution in [-0.4, -0.2) is 5.91 Å². The molecule has 0 saturated carbocycles. The van der Waals surface area contributed by atoms with Gasteiger partial charge in [0.1, 0.15) is 0 Å². The van der Waals surface area contributed by atoms with Crippen LogP contribution in [0, 0.1) is 0 Å². The van der Waals surface area contributed by atoms with Gasteiger partial charge in [-0.1, -0.05) is 28.9 Å². The molecule has 2 N–H and O–H groups in total. The van der Waals surface area contributed by atoms with Crippen LogP contribution in [0.4, 0.5) is 17.1 Å². The van der Waals surface area contributed by atoms with Gasteiger partial charge in [0.05, 0.1) is 0 Å². The van der Waals surface area contributed by atoms with Gasteiger partial charge in [0, 0.05) is 28.0 Å². The molecule has 0 aliphatic rings. The maximum absolute atomic E-state index is 11.3. The Hall–Kier alpha value is -1.81. The second-order valence-electron chi connectivity index (χ2n) is 4.11. The van der Waals surface area contributed by atoms with E-state index in [2.05, 4.69) is 26.6 Å². The molecule has 0 saturated heterocycles. The van der Waals surface area contributed by atoms with Crippen LogP contribution >= 0.6 is 15.9 Å². The predicted octanol–water partition coefficient (Wildman–Crippen LogP) is 4.54. The molecule has 1 amide bonds. The third-order valence-corrected chi connectivity index (χ3v) is 3.10. The van der Waals surface area contributed by atoms with E-state index in [0.29, 0.717) is 6.42 Å². The van der Waals surface area contributed by atoms with Crippen LogP contribution in [0.2, 0.25) is 0 Å². The predicted molar refractivity (Wildman–Crippen MR) is 82.8 cm³/mol. The lowest BCUT2D eigenvalue weighted by Crippen LogP contribution is -2.09. The lowest BCUT2D eigenvalue weighted by molar-refractivity contribution is -0.115. The van der Waals surface area contributed by atoms with Crippen LogP contribution < -0.4 is 10.6 Å². The quantitative estimate of drug-likeness (QED) is 0.868. The van der Waals surface area contributed by atoms with Gasteiger partial charge in [0.2, 0.25) is 5.91 Å². The van der Waals surface area contributed by atoms with Crippen molar-refractivity contribution in [3.8, 4) is 0 Å². The molecule has 0 aliphatic heterocycles. The molecule has 4 heteroatoms. The largest absolute Gasteiger partial charge is 0.355 e. The monoisotopic (exact) mass is 318 g/mol. The Balaban J connectivity index is 2.04. The molecule has 19 heavy (non-hydrogen) atoms. The maximum Gasteiger partial charge on any atom is 0.224 e. The molecule has 2 aromatic rings. The topological polar surface area (TPSA) is 41.1 Å².